The fourth-order valence-electron chi connectivity index (χ4n) is 2.50. The van der Waals surface area contributed by atoms with Gasteiger partial charge in [0.25, 0.3) is 0 Å². The van der Waals surface area contributed by atoms with E-state index < -0.39 is 24.1 Å². The molecule has 0 N–H and O–H groups in total. The van der Waals surface area contributed by atoms with Crippen LogP contribution in [0.3, 0.4) is 0 Å². The van der Waals surface area contributed by atoms with E-state index in [4.69, 9.17) is 9.47 Å². The van der Waals surface area contributed by atoms with Crippen molar-refractivity contribution in [1.82, 2.24) is 0 Å². The number of fused-ring (bicyclic) bond motifs is 1. The summed E-state index contributed by atoms with van der Waals surface area (Å²) in [6, 6.07) is 5.78. The number of hydrogen-bond donors (Lipinski definition) is 0. The molecule has 134 valence electrons. The highest BCUT2D eigenvalue weighted by Gasteiger charge is 2.31. The predicted molar refractivity (Wildman–Crippen MR) is 93.7 cm³/mol. The molecule has 7 heteroatoms. The first-order chi connectivity index (χ1) is 11.9. The largest absolute Gasteiger partial charge is 0.468 e. The van der Waals surface area contributed by atoms with E-state index in [2.05, 4.69) is 4.74 Å². The highest BCUT2D eigenvalue weighted by Crippen LogP contribution is 2.34. The van der Waals surface area contributed by atoms with Crippen LogP contribution in [-0.4, -0.2) is 36.9 Å². The Kier molecular flexibility index (Phi) is 6.64. The lowest BCUT2D eigenvalue weighted by molar-refractivity contribution is -0.162. The first kappa shape index (κ1) is 19.1. The van der Waals surface area contributed by atoms with Gasteiger partial charge in [-0.15, -0.1) is 11.8 Å². The molecule has 2 rings (SSSR count). The fourth-order valence-corrected chi connectivity index (χ4v) is 3.30. The summed E-state index contributed by atoms with van der Waals surface area (Å²) in [5.74, 6) is -0.304. The Balaban J connectivity index is 2.21. The average molecular weight is 364 g/mol. The third-order valence-corrected chi connectivity index (χ3v) is 4.51. The van der Waals surface area contributed by atoms with E-state index in [0.29, 0.717) is 5.75 Å². The molecule has 1 aromatic carbocycles. The summed E-state index contributed by atoms with van der Waals surface area (Å²) in [7, 11) is 1.35. The molecule has 0 unspecified atom stereocenters. The Morgan fingerprint density at radius 3 is 2.48 bits per heavy atom. The Morgan fingerprint density at radius 1 is 1.12 bits per heavy atom. The maximum Gasteiger partial charge on any atom is 0.315 e. The Hall–Kier alpha value is -2.28. The van der Waals surface area contributed by atoms with E-state index in [1.54, 1.807) is 6.08 Å². The molecule has 25 heavy (non-hydrogen) atoms. The minimum atomic E-state index is -0.688. The number of thioether (sulfide) groups is 1. The van der Waals surface area contributed by atoms with Gasteiger partial charge in [0.1, 0.15) is 0 Å². The van der Waals surface area contributed by atoms with Gasteiger partial charge >= 0.3 is 17.9 Å². The van der Waals surface area contributed by atoms with Gasteiger partial charge in [-0.05, 0) is 17.2 Å². The summed E-state index contributed by atoms with van der Waals surface area (Å²) in [6.45, 7) is 2.63. The summed E-state index contributed by atoms with van der Waals surface area (Å²) in [4.78, 5) is 34.0. The van der Waals surface area contributed by atoms with Gasteiger partial charge in [-0.3, -0.25) is 14.4 Å². The molecule has 1 aliphatic carbocycles. The molecule has 2 atom stereocenters. The smallest absolute Gasteiger partial charge is 0.315 e. The first-order valence-corrected chi connectivity index (χ1v) is 8.86. The second kappa shape index (κ2) is 8.71. The number of hydrogen-bond acceptors (Lipinski definition) is 7. The summed E-state index contributed by atoms with van der Waals surface area (Å²) in [5, 5.41) is 0. The van der Waals surface area contributed by atoms with E-state index in [9.17, 15) is 14.4 Å². The minimum absolute atomic E-state index is 0.261. The first-order valence-electron chi connectivity index (χ1n) is 7.70. The molecule has 1 aliphatic rings. The Morgan fingerprint density at radius 2 is 1.84 bits per heavy atom. The van der Waals surface area contributed by atoms with Crippen molar-refractivity contribution in [2.24, 2.45) is 0 Å². The van der Waals surface area contributed by atoms with Crippen molar-refractivity contribution >= 4 is 35.7 Å². The molecule has 0 aliphatic heterocycles. The van der Waals surface area contributed by atoms with Crippen LogP contribution < -0.4 is 0 Å². The lowest BCUT2D eigenvalue weighted by Crippen LogP contribution is -2.28. The van der Waals surface area contributed by atoms with Crippen molar-refractivity contribution < 1.29 is 28.6 Å². The van der Waals surface area contributed by atoms with Crippen molar-refractivity contribution in [3.8, 4) is 0 Å². The number of ether oxygens (including phenoxy) is 3. The van der Waals surface area contributed by atoms with Gasteiger partial charge in [0.15, 0.2) is 12.2 Å². The molecular formula is C18H20O6S. The molecule has 1 aromatic rings. The van der Waals surface area contributed by atoms with Crippen LogP contribution in [0.15, 0.2) is 24.3 Å². The van der Waals surface area contributed by atoms with Crippen molar-refractivity contribution in [2.75, 3.05) is 12.9 Å². The molecule has 0 saturated heterocycles. The number of benzene rings is 1. The molecule has 6 nitrogen and oxygen atoms in total. The molecule has 0 radical (unpaired) electrons. The molecule has 0 heterocycles. The zero-order chi connectivity index (χ0) is 18.4. The zero-order valence-electron chi connectivity index (χ0n) is 14.3. The van der Waals surface area contributed by atoms with E-state index in [-0.39, 0.29) is 11.7 Å². The van der Waals surface area contributed by atoms with Gasteiger partial charge in [0, 0.05) is 25.2 Å². The van der Waals surface area contributed by atoms with Crippen LogP contribution in [0, 0.1) is 0 Å². The highest BCUT2D eigenvalue weighted by atomic mass is 32.2. The third-order valence-electron chi connectivity index (χ3n) is 3.53. The molecular weight excluding hydrogens is 344 g/mol. The standard InChI is InChI=1S/C18H20O6S/c1-11(19)23-16-7-6-14-5-4-13(9-25-10-17(21)22-3)8-15(14)18(16)24-12(2)20/h4-8,16,18H,9-10H2,1-3H3/t16-,18-/m0/s1. The summed E-state index contributed by atoms with van der Waals surface area (Å²) >= 11 is 1.43. The summed E-state index contributed by atoms with van der Waals surface area (Å²) in [5.41, 5.74) is 2.65. The van der Waals surface area contributed by atoms with E-state index in [0.717, 1.165) is 16.7 Å². The van der Waals surface area contributed by atoms with Crippen LogP contribution in [0.1, 0.15) is 36.6 Å². The Bertz CT molecular complexity index is 697. The van der Waals surface area contributed by atoms with Gasteiger partial charge in [0.2, 0.25) is 0 Å². The van der Waals surface area contributed by atoms with Crippen molar-refractivity contribution in [3.05, 3.63) is 41.0 Å². The lowest BCUT2D eigenvalue weighted by atomic mass is 9.91. The van der Waals surface area contributed by atoms with E-state index in [1.807, 2.05) is 24.3 Å². The molecule has 0 bridgehead atoms. The number of carbonyl (C=O) groups is 3. The van der Waals surface area contributed by atoms with E-state index >= 15 is 0 Å². The number of methoxy groups -OCH3 is 1. The normalized spacial score (nSPS) is 18.2. The topological polar surface area (TPSA) is 78.9 Å². The predicted octanol–water partition coefficient (Wildman–Crippen LogP) is 2.66. The van der Waals surface area contributed by atoms with Crippen LogP contribution in [-0.2, 0) is 34.3 Å². The van der Waals surface area contributed by atoms with Crippen LogP contribution in [0.2, 0.25) is 0 Å². The molecule has 0 amide bonds. The van der Waals surface area contributed by atoms with Crippen LogP contribution >= 0.6 is 11.8 Å². The van der Waals surface area contributed by atoms with Crippen LogP contribution in [0.4, 0.5) is 0 Å². The maximum absolute atomic E-state index is 11.5. The van der Waals surface area contributed by atoms with Gasteiger partial charge in [0.05, 0.1) is 12.9 Å². The second-order valence-corrected chi connectivity index (χ2v) is 6.48. The number of esters is 3. The third kappa shape index (κ3) is 5.35. The second-order valence-electron chi connectivity index (χ2n) is 5.50. The van der Waals surface area contributed by atoms with Crippen molar-refractivity contribution in [1.29, 1.82) is 0 Å². The fraction of sp³-hybridized carbons (Fsp3) is 0.389. The molecule has 0 aromatic heterocycles. The van der Waals surface area contributed by atoms with Gasteiger partial charge in [-0.25, -0.2) is 0 Å². The average Bonchev–Trinajstić information content (AvgIpc) is 2.56. The van der Waals surface area contributed by atoms with Gasteiger partial charge in [-0.2, -0.15) is 0 Å². The highest BCUT2D eigenvalue weighted by molar-refractivity contribution is 7.99. The molecule has 0 fully saturated rings. The maximum atomic E-state index is 11.5. The number of rotatable bonds is 6. The summed E-state index contributed by atoms with van der Waals surface area (Å²) in [6.07, 6.45) is 2.20. The molecule has 0 spiro atoms. The monoisotopic (exact) mass is 364 g/mol. The minimum Gasteiger partial charge on any atom is -0.468 e. The quantitative estimate of drug-likeness (QED) is 0.567. The van der Waals surface area contributed by atoms with Crippen molar-refractivity contribution in [3.63, 3.8) is 0 Å². The van der Waals surface area contributed by atoms with Crippen molar-refractivity contribution in [2.45, 2.75) is 31.8 Å². The van der Waals surface area contributed by atoms with Gasteiger partial charge < -0.3 is 14.2 Å². The van der Waals surface area contributed by atoms with E-state index in [1.165, 1.54) is 32.7 Å². The van der Waals surface area contributed by atoms with Crippen LogP contribution in [0.25, 0.3) is 6.08 Å². The van der Waals surface area contributed by atoms with Gasteiger partial charge in [-0.1, -0.05) is 24.3 Å². The summed E-state index contributed by atoms with van der Waals surface area (Å²) < 4.78 is 15.3. The Labute approximate surface area is 150 Å². The SMILES string of the molecule is COC(=O)CSCc1ccc2c(c1)[C@H](OC(C)=O)[C@@H](OC(C)=O)C=C2. The zero-order valence-corrected chi connectivity index (χ0v) is 15.1. The number of carbonyl (C=O) groups excluding carboxylic acids is 3. The van der Waals surface area contributed by atoms with Crippen LogP contribution in [0.5, 0.6) is 0 Å². The molecule has 0 saturated carbocycles. The lowest BCUT2D eigenvalue weighted by Gasteiger charge is -2.29.